The first-order valence-corrected chi connectivity index (χ1v) is 5.14. The summed E-state index contributed by atoms with van der Waals surface area (Å²) in [4.78, 5) is 0. The van der Waals surface area contributed by atoms with Gasteiger partial charge in [-0.25, -0.2) is 0 Å². The van der Waals surface area contributed by atoms with Crippen molar-refractivity contribution in [3.8, 4) is 5.75 Å². The first-order valence-electron chi connectivity index (χ1n) is 5.14. The van der Waals surface area contributed by atoms with Gasteiger partial charge >= 0.3 is 0 Å². The van der Waals surface area contributed by atoms with Gasteiger partial charge in [0.25, 0.3) is 0 Å². The third-order valence-electron chi connectivity index (χ3n) is 1.90. The molecule has 0 heterocycles. The summed E-state index contributed by atoms with van der Waals surface area (Å²) in [7, 11) is 0. The maximum atomic E-state index is 8.62. The second-order valence-corrected chi connectivity index (χ2v) is 3.17. The third-order valence-corrected chi connectivity index (χ3v) is 1.90. The predicted octanol–water partition coefficient (Wildman–Crippen LogP) is 0.818. The lowest BCUT2D eigenvalue weighted by molar-refractivity contribution is 0.201. The summed E-state index contributed by atoms with van der Waals surface area (Å²) < 4.78 is 5.29. The van der Waals surface area contributed by atoms with Gasteiger partial charge < -0.3 is 20.9 Å². The summed E-state index contributed by atoms with van der Waals surface area (Å²) in [5.74, 6) is 0.766. The minimum atomic E-state index is 0.0326. The van der Waals surface area contributed by atoms with Crippen LogP contribution in [0.15, 0.2) is 24.3 Å². The fourth-order valence-electron chi connectivity index (χ4n) is 1.19. The normalized spacial score (nSPS) is 10.0. The first kappa shape index (κ1) is 11.8. The van der Waals surface area contributed by atoms with E-state index in [-0.39, 0.29) is 6.61 Å². The van der Waals surface area contributed by atoms with Crippen molar-refractivity contribution in [2.45, 2.75) is 6.42 Å². The summed E-state index contributed by atoms with van der Waals surface area (Å²) in [6.45, 7) is 1.91. The number of nitrogens with one attached hydrogen (secondary N) is 1. The van der Waals surface area contributed by atoms with Crippen LogP contribution in [0.1, 0.15) is 6.42 Å². The molecule has 1 aromatic rings. The Bertz CT molecular complexity index is 279. The molecule has 0 radical (unpaired) electrons. The summed E-state index contributed by atoms with van der Waals surface area (Å²) >= 11 is 0. The van der Waals surface area contributed by atoms with Crippen LogP contribution < -0.4 is 15.8 Å². The molecular formula is C11H18N2O2. The predicted molar refractivity (Wildman–Crippen MR) is 61.2 cm³/mol. The highest BCUT2D eigenvalue weighted by Crippen LogP contribution is 2.16. The minimum Gasteiger partial charge on any atom is -0.491 e. The molecule has 0 aromatic heterocycles. The quantitative estimate of drug-likeness (QED) is 0.583. The zero-order chi connectivity index (χ0) is 10.9. The summed E-state index contributed by atoms with van der Waals surface area (Å²) in [5, 5.41) is 11.9. The number of rotatable bonds is 7. The van der Waals surface area contributed by atoms with Crippen LogP contribution in [0.25, 0.3) is 0 Å². The maximum absolute atomic E-state index is 8.62. The topological polar surface area (TPSA) is 67.5 Å². The average molecular weight is 210 g/mol. The second-order valence-electron chi connectivity index (χ2n) is 3.17. The van der Waals surface area contributed by atoms with E-state index in [0.29, 0.717) is 13.2 Å². The molecule has 4 N–H and O–H groups in total. The van der Waals surface area contributed by atoms with Crippen molar-refractivity contribution in [2.75, 3.05) is 31.6 Å². The molecule has 0 aliphatic carbocycles. The van der Waals surface area contributed by atoms with Gasteiger partial charge in [-0.2, -0.15) is 0 Å². The van der Waals surface area contributed by atoms with Crippen molar-refractivity contribution in [2.24, 2.45) is 5.73 Å². The summed E-state index contributed by atoms with van der Waals surface area (Å²) in [6, 6.07) is 7.66. The van der Waals surface area contributed by atoms with Gasteiger partial charge in [0, 0.05) is 18.3 Å². The molecule has 0 unspecified atom stereocenters. The van der Waals surface area contributed by atoms with Crippen molar-refractivity contribution in [1.82, 2.24) is 0 Å². The molecule has 0 saturated carbocycles. The Kier molecular flexibility index (Phi) is 5.58. The molecule has 0 atom stereocenters. The molecule has 0 spiro atoms. The van der Waals surface area contributed by atoms with Gasteiger partial charge in [0.05, 0.1) is 6.61 Å². The number of hydrogen-bond acceptors (Lipinski definition) is 4. The van der Waals surface area contributed by atoms with Crippen LogP contribution in [-0.4, -0.2) is 31.4 Å². The number of ether oxygens (including phenoxy) is 1. The van der Waals surface area contributed by atoms with Crippen LogP contribution in [0.2, 0.25) is 0 Å². The Hall–Kier alpha value is -1.26. The zero-order valence-corrected chi connectivity index (χ0v) is 8.78. The van der Waals surface area contributed by atoms with Crippen molar-refractivity contribution in [1.29, 1.82) is 0 Å². The Labute approximate surface area is 90.1 Å². The molecule has 15 heavy (non-hydrogen) atoms. The number of anilines is 1. The van der Waals surface area contributed by atoms with E-state index in [4.69, 9.17) is 15.6 Å². The maximum Gasteiger partial charge on any atom is 0.121 e. The molecule has 1 aromatic carbocycles. The van der Waals surface area contributed by atoms with E-state index in [9.17, 15) is 0 Å². The van der Waals surface area contributed by atoms with Crippen LogP contribution in [-0.2, 0) is 0 Å². The molecule has 4 nitrogen and oxygen atoms in total. The van der Waals surface area contributed by atoms with Crippen molar-refractivity contribution < 1.29 is 9.84 Å². The molecule has 0 aliphatic heterocycles. The molecule has 0 fully saturated rings. The molecule has 0 bridgehead atoms. The van der Waals surface area contributed by atoms with E-state index in [2.05, 4.69) is 5.32 Å². The van der Waals surface area contributed by atoms with Gasteiger partial charge in [-0.1, -0.05) is 6.07 Å². The van der Waals surface area contributed by atoms with Gasteiger partial charge in [0.1, 0.15) is 12.4 Å². The number of benzene rings is 1. The summed E-state index contributed by atoms with van der Waals surface area (Å²) in [6.07, 6.45) is 0.946. The molecule has 1 rings (SSSR count). The zero-order valence-electron chi connectivity index (χ0n) is 8.78. The van der Waals surface area contributed by atoms with Crippen molar-refractivity contribution >= 4 is 5.69 Å². The van der Waals surface area contributed by atoms with Gasteiger partial charge in [-0.15, -0.1) is 0 Å². The highest BCUT2D eigenvalue weighted by molar-refractivity contribution is 5.48. The number of aliphatic hydroxyl groups is 1. The lowest BCUT2D eigenvalue weighted by atomic mass is 10.3. The van der Waals surface area contributed by atoms with Crippen LogP contribution in [0.5, 0.6) is 5.75 Å². The van der Waals surface area contributed by atoms with Gasteiger partial charge in [0.2, 0.25) is 0 Å². The van der Waals surface area contributed by atoms with E-state index < -0.39 is 0 Å². The smallest absolute Gasteiger partial charge is 0.121 e. The highest BCUT2D eigenvalue weighted by Gasteiger charge is 1.95. The van der Waals surface area contributed by atoms with E-state index in [1.165, 1.54) is 0 Å². The van der Waals surface area contributed by atoms with Gasteiger partial charge in [-0.3, -0.25) is 0 Å². The molecule has 4 heteroatoms. The van der Waals surface area contributed by atoms with Gasteiger partial charge in [0.15, 0.2) is 0 Å². The Morgan fingerprint density at radius 2 is 2.27 bits per heavy atom. The fourth-order valence-corrected chi connectivity index (χ4v) is 1.19. The second kappa shape index (κ2) is 7.09. The van der Waals surface area contributed by atoms with Crippen LogP contribution in [0.3, 0.4) is 0 Å². The first-order chi connectivity index (χ1) is 7.36. The molecule has 0 saturated heterocycles. The van der Waals surface area contributed by atoms with Gasteiger partial charge in [-0.05, 0) is 25.1 Å². The largest absolute Gasteiger partial charge is 0.491 e. The highest BCUT2D eigenvalue weighted by atomic mass is 16.5. The average Bonchev–Trinajstić information content (AvgIpc) is 2.27. The Balaban J connectivity index is 2.42. The van der Waals surface area contributed by atoms with E-state index >= 15 is 0 Å². The minimum absolute atomic E-state index is 0.0326. The SMILES string of the molecule is NCCCNc1cccc(OCCO)c1. The number of aliphatic hydroxyl groups excluding tert-OH is 1. The van der Waals surface area contributed by atoms with E-state index in [1.54, 1.807) is 0 Å². The van der Waals surface area contributed by atoms with E-state index in [1.807, 2.05) is 24.3 Å². The number of hydrogen-bond donors (Lipinski definition) is 3. The Morgan fingerprint density at radius 1 is 1.40 bits per heavy atom. The van der Waals surface area contributed by atoms with Crippen LogP contribution in [0, 0.1) is 0 Å². The van der Waals surface area contributed by atoms with Crippen LogP contribution in [0.4, 0.5) is 5.69 Å². The fraction of sp³-hybridized carbons (Fsp3) is 0.455. The summed E-state index contributed by atoms with van der Waals surface area (Å²) in [5.41, 5.74) is 6.41. The lowest BCUT2D eigenvalue weighted by Gasteiger charge is -2.08. The van der Waals surface area contributed by atoms with Crippen molar-refractivity contribution in [3.05, 3.63) is 24.3 Å². The molecule has 0 amide bonds. The monoisotopic (exact) mass is 210 g/mol. The van der Waals surface area contributed by atoms with Crippen molar-refractivity contribution in [3.63, 3.8) is 0 Å². The molecular weight excluding hydrogens is 192 g/mol. The standard InChI is InChI=1S/C11H18N2O2/c12-5-2-6-13-10-3-1-4-11(9-10)15-8-7-14/h1,3-4,9,13-14H,2,5-8,12H2. The Morgan fingerprint density at radius 3 is 3.00 bits per heavy atom. The lowest BCUT2D eigenvalue weighted by Crippen LogP contribution is -2.08. The third kappa shape index (κ3) is 4.67. The molecule has 84 valence electrons. The van der Waals surface area contributed by atoms with Crippen LogP contribution >= 0.6 is 0 Å². The van der Waals surface area contributed by atoms with E-state index in [0.717, 1.165) is 24.4 Å². The molecule has 0 aliphatic rings. The number of nitrogens with two attached hydrogens (primary N) is 1.